The molecule has 1 atom stereocenters. The number of carbonyl (C=O) groups excluding carboxylic acids is 3. The highest BCUT2D eigenvalue weighted by molar-refractivity contribution is 5.98. The molecule has 0 saturated carbocycles. The minimum atomic E-state index is -0.332. The van der Waals surface area contributed by atoms with E-state index in [1.54, 1.807) is 46.2 Å². The number of likely N-dealkylation sites (tertiary alicyclic amines) is 1. The zero-order valence-corrected chi connectivity index (χ0v) is 16.5. The minimum Gasteiger partial charge on any atom is -0.342 e. The maximum Gasteiger partial charge on any atom is 0.254 e. The van der Waals surface area contributed by atoms with Crippen molar-refractivity contribution in [2.75, 3.05) is 31.5 Å². The van der Waals surface area contributed by atoms with Crippen LogP contribution in [-0.2, 0) is 9.59 Å². The van der Waals surface area contributed by atoms with E-state index < -0.39 is 0 Å². The molecule has 0 aliphatic carbocycles. The van der Waals surface area contributed by atoms with Gasteiger partial charge in [-0.2, -0.15) is 0 Å². The van der Waals surface area contributed by atoms with Crippen molar-refractivity contribution in [3.05, 3.63) is 55.1 Å². The summed E-state index contributed by atoms with van der Waals surface area (Å²) in [6.45, 7) is 11.5. The van der Waals surface area contributed by atoms with Crippen LogP contribution < -0.4 is 5.32 Å². The lowest BCUT2D eigenvalue weighted by atomic mass is 10.1. The lowest BCUT2D eigenvalue weighted by Gasteiger charge is -2.19. The number of anilines is 1. The Morgan fingerprint density at radius 2 is 1.86 bits per heavy atom. The number of hydrogen-bond donors (Lipinski definition) is 1. The zero-order valence-electron chi connectivity index (χ0n) is 16.5. The Labute approximate surface area is 166 Å². The molecule has 1 heterocycles. The van der Waals surface area contributed by atoms with Gasteiger partial charge in [-0.25, -0.2) is 0 Å². The predicted molar refractivity (Wildman–Crippen MR) is 111 cm³/mol. The van der Waals surface area contributed by atoms with E-state index in [1.165, 1.54) is 0 Å². The Morgan fingerprint density at radius 1 is 1.21 bits per heavy atom. The van der Waals surface area contributed by atoms with Crippen molar-refractivity contribution < 1.29 is 14.4 Å². The highest BCUT2D eigenvalue weighted by Gasteiger charge is 2.33. The van der Waals surface area contributed by atoms with Gasteiger partial charge in [-0.05, 0) is 30.7 Å². The summed E-state index contributed by atoms with van der Waals surface area (Å²) in [5.74, 6) is -0.572. The molecule has 1 aliphatic heterocycles. The normalized spacial score (nSPS) is 16.0. The fourth-order valence-electron chi connectivity index (χ4n) is 3.19. The SMILES string of the molecule is C=CCN(CC=C)C(=O)c1ccc(NC(=O)C2CC(=O)N(CCCC)C2)cc1. The van der Waals surface area contributed by atoms with Crippen molar-refractivity contribution in [1.82, 2.24) is 9.80 Å². The topological polar surface area (TPSA) is 69.7 Å². The Kier molecular flexibility index (Phi) is 7.99. The first kappa shape index (κ1) is 21.4. The second-order valence-corrected chi connectivity index (χ2v) is 6.95. The van der Waals surface area contributed by atoms with Crippen molar-refractivity contribution in [1.29, 1.82) is 0 Å². The molecule has 1 saturated heterocycles. The number of nitrogens with one attached hydrogen (secondary N) is 1. The van der Waals surface area contributed by atoms with Crippen LogP contribution in [0.3, 0.4) is 0 Å². The Morgan fingerprint density at radius 3 is 2.43 bits per heavy atom. The highest BCUT2D eigenvalue weighted by Crippen LogP contribution is 2.21. The standard InChI is InChI=1S/C22H29N3O3/c1-4-7-14-25-16-18(15-20(25)26)21(27)23-19-10-8-17(9-11-19)22(28)24(12-5-2)13-6-3/h5-6,8-11,18H,2-4,7,12-16H2,1H3,(H,23,27). The van der Waals surface area contributed by atoms with Gasteiger partial charge in [0.05, 0.1) is 5.92 Å². The first-order chi connectivity index (χ1) is 13.5. The first-order valence-electron chi connectivity index (χ1n) is 9.69. The van der Waals surface area contributed by atoms with Gasteiger partial charge in [0.2, 0.25) is 11.8 Å². The Hall–Kier alpha value is -2.89. The summed E-state index contributed by atoms with van der Waals surface area (Å²) in [7, 11) is 0. The van der Waals surface area contributed by atoms with E-state index in [0.717, 1.165) is 12.8 Å². The van der Waals surface area contributed by atoms with Gasteiger partial charge >= 0.3 is 0 Å². The van der Waals surface area contributed by atoms with E-state index in [4.69, 9.17) is 0 Å². The number of benzene rings is 1. The predicted octanol–water partition coefficient (Wildman–Crippen LogP) is 3.09. The number of rotatable bonds is 10. The van der Waals surface area contributed by atoms with Crippen LogP contribution in [0.4, 0.5) is 5.69 Å². The molecule has 150 valence electrons. The third kappa shape index (κ3) is 5.55. The smallest absolute Gasteiger partial charge is 0.254 e. The fraction of sp³-hybridized carbons (Fsp3) is 0.409. The first-order valence-corrected chi connectivity index (χ1v) is 9.69. The average Bonchev–Trinajstić information content (AvgIpc) is 3.07. The van der Waals surface area contributed by atoms with Gasteiger partial charge in [0.25, 0.3) is 5.91 Å². The molecular formula is C22H29N3O3. The molecule has 1 fully saturated rings. The van der Waals surface area contributed by atoms with Crippen LogP contribution in [0.5, 0.6) is 0 Å². The van der Waals surface area contributed by atoms with Gasteiger partial charge < -0.3 is 15.1 Å². The largest absolute Gasteiger partial charge is 0.342 e. The summed E-state index contributed by atoms with van der Waals surface area (Å²) in [6.07, 6.45) is 5.56. The molecule has 6 nitrogen and oxygen atoms in total. The second kappa shape index (κ2) is 10.4. The molecule has 1 aromatic rings. The van der Waals surface area contributed by atoms with Crippen LogP contribution in [0, 0.1) is 5.92 Å². The monoisotopic (exact) mass is 383 g/mol. The number of carbonyl (C=O) groups is 3. The van der Waals surface area contributed by atoms with E-state index in [0.29, 0.717) is 37.4 Å². The van der Waals surface area contributed by atoms with Gasteiger partial charge in [0.15, 0.2) is 0 Å². The number of hydrogen-bond acceptors (Lipinski definition) is 3. The molecular weight excluding hydrogens is 354 g/mol. The zero-order chi connectivity index (χ0) is 20.5. The molecule has 6 heteroatoms. The van der Waals surface area contributed by atoms with Gasteiger partial charge in [0, 0.05) is 43.9 Å². The molecule has 1 aliphatic rings. The summed E-state index contributed by atoms with van der Waals surface area (Å²) < 4.78 is 0. The van der Waals surface area contributed by atoms with Gasteiger partial charge in [-0.15, -0.1) is 13.2 Å². The molecule has 1 unspecified atom stereocenters. The van der Waals surface area contributed by atoms with Crippen molar-refractivity contribution in [2.45, 2.75) is 26.2 Å². The summed E-state index contributed by atoms with van der Waals surface area (Å²) >= 11 is 0. The van der Waals surface area contributed by atoms with Crippen molar-refractivity contribution >= 4 is 23.4 Å². The van der Waals surface area contributed by atoms with Gasteiger partial charge in [-0.1, -0.05) is 25.5 Å². The van der Waals surface area contributed by atoms with E-state index in [2.05, 4.69) is 25.4 Å². The second-order valence-electron chi connectivity index (χ2n) is 6.95. The molecule has 1 N–H and O–H groups in total. The number of amides is 3. The molecule has 1 aromatic carbocycles. The maximum atomic E-state index is 12.5. The summed E-state index contributed by atoms with van der Waals surface area (Å²) in [5.41, 5.74) is 1.14. The van der Waals surface area contributed by atoms with E-state index >= 15 is 0 Å². The van der Waals surface area contributed by atoms with Gasteiger partial charge in [0.1, 0.15) is 0 Å². The van der Waals surface area contributed by atoms with Crippen molar-refractivity contribution in [3.8, 4) is 0 Å². The average molecular weight is 383 g/mol. The summed E-state index contributed by atoms with van der Waals surface area (Å²) in [4.78, 5) is 40.4. The molecule has 0 spiro atoms. The van der Waals surface area contributed by atoms with E-state index in [1.807, 2.05) is 0 Å². The van der Waals surface area contributed by atoms with E-state index in [-0.39, 0.29) is 30.1 Å². The summed E-state index contributed by atoms with van der Waals surface area (Å²) in [5, 5.41) is 2.85. The van der Waals surface area contributed by atoms with Crippen LogP contribution >= 0.6 is 0 Å². The fourth-order valence-corrected chi connectivity index (χ4v) is 3.19. The highest BCUT2D eigenvalue weighted by atomic mass is 16.2. The van der Waals surface area contributed by atoms with E-state index in [9.17, 15) is 14.4 Å². The third-order valence-corrected chi connectivity index (χ3v) is 4.75. The number of nitrogens with zero attached hydrogens (tertiary/aromatic N) is 2. The molecule has 2 rings (SSSR count). The van der Waals surface area contributed by atoms with Crippen LogP contribution in [0.1, 0.15) is 36.5 Å². The lowest BCUT2D eigenvalue weighted by molar-refractivity contribution is -0.128. The Bertz CT molecular complexity index is 717. The molecule has 0 aromatic heterocycles. The molecule has 28 heavy (non-hydrogen) atoms. The van der Waals surface area contributed by atoms with Crippen LogP contribution in [0.15, 0.2) is 49.6 Å². The lowest BCUT2D eigenvalue weighted by Crippen LogP contribution is -2.31. The van der Waals surface area contributed by atoms with Crippen molar-refractivity contribution in [3.63, 3.8) is 0 Å². The van der Waals surface area contributed by atoms with Gasteiger partial charge in [-0.3, -0.25) is 14.4 Å². The number of unbranched alkanes of at least 4 members (excludes halogenated alkanes) is 1. The maximum absolute atomic E-state index is 12.5. The van der Waals surface area contributed by atoms with Crippen LogP contribution in [0.25, 0.3) is 0 Å². The van der Waals surface area contributed by atoms with Crippen LogP contribution in [-0.4, -0.2) is 53.7 Å². The Balaban J connectivity index is 1.95. The molecule has 0 radical (unpaired) electrons. The molecule has 3 amide bonds. The minimum absolute atomic E-state index is 0.0408. The summed E-state index contributed by atoms with van der Waals surface area (Å²) in [6, 6.07) is 6.78. The van der Waals surface area contributed by atoms with Crippen molar-refractivity contribution in [2.24, 2.45) is 5.92 Å². The van der Waals surface area contributed by atoms with Crippen LogP contribution in [0.2, 0.25) is 0 Å². The quantitative estimate of drug-likeness (QED) is 0.631. The third-order valence-electron chi connectivity index (χ3n) is 4.75. The molecule has 0 bridgehead atoms.